The first kappa shape index (κ1) is 16.6. The van der Waals surface area contributed by atoms with Gasteiger partial charge in [-0.2, -0.15) is 5.26 Å². The van der Waals surface area contributed by atoms with Crippen molar-refractivity contribution in [2.24, 2.45) is 10.7 Å². The summed E-state index contributed by atoms with van der Waals surface area (Å²) in [6.45, 7) is 0. The molecule has 0 heterocycles. The first-order chi connectivity index (χ1) is 10.0. The van der Waals surface area contributed by atoms with Crippen LogP contribution in [0.25, 0.3) is 0 Å². The van der Waals surface area contributed by atoms with Gasteiger partial charge < -0.3 is 11.5 Å². The van der Waals surface area contributed by atoms with Crippen LogP contribution in [0.2, 0.25) is 10.0 Å². The number of hydrogen-bond acceptors (Lipinski definition) is 3. The molecule has 0 amide bonds. The predicted molar refractivity (Wildman–Crippen MR) is 87.3 cm³/mol. The molecule has 0 aliphatic heterocycles. The van der Waals surface area contributed by atoms with Crippen molar-refractivity contribution in [3.8, 4) is 6.19 Å². The molecule has 0 saturated heterocycles. The summed E-state index contributed by atoms with van der Waals surface area (Å²) in [5.41, 5.74) is 12.0. The van der Waals surface area contributed by atoms with Crippen molar-refractivity contribution in [2.45, 2.75) is 0 Å². The molecule has 2 aromatic rings. The van der Waals surface area contributed by atoms with E-state index in [2.05, 4.69) is 10.3 Å². The number of nitrogens with zero attached hydrogens (tertiary/aromatic N) is 2. The van der Waals surface area contributed by atoms with Crippen LogP contribution in [0.3, 0.4) is 0 Å². The molecule has 0 saturated carbocycles. The number of nitrogens with one attached hydrogen (secondary N) is 1. The molecule has 108 valence electrons. The van der Waals surface area contributed by atoms with E-state index in [4.69, 9.17) is 39.9 Å². The van der Waals surface area contributed by atoms with Crippen LogP contribution in [0, 0.1) is 11.5 Å². The molecule has 0 fully saturated rings. The summed E-state index contributed by atoms with van der Waals surface area (Å²) >= 11 is 11.3. The molecule has 0 unspecified atom stereocenters. The van der Waals surface area contributed by atoms with Crippen LogP contribution < -0.4 is 16.8 Å². The molecule has 0 aliphatic carbocycles. The van der Waals surface area contributed by atoms with Crippen LogP contribution in [-0.4, -0.2) is 5.96 Å². The maximum absolute atomic E-state index is 8.22. The van der Waals surface area contributed by atoms with E-state index in [1.807, 2.05) is 6.07 Å². The van der Waals surface area contributed by atoms with Crippen molar-refractivity contribution in [3.05, 3.63) is 58.6 Å². The lowest BCUT2D eigenvalue weighted by Gasteiger charge is -1.96. The van der Waals surface area contributed by atoms with Gasteiger partial charge in [0.05, 0.1) is 5.69 Å². The van der Waals surface area contributed by atoms with Gasteiger partial charge in [0.15, 0.2) is 6.19 Å². The van der Waals surface area contributed by atoms with E-state index in [0.717, 1.165) is 0 Å². The molecule has 0 aliphatic rings. The van der Waals surface area contributed by atoms with Gasteiger partial charge in [0.1, 0.15) is 0 Å². The van der Waals surface area contributed by atoms with Gasteiger partial charge in [0, 0.05) is 15.7 Å². The molecule has 5 N–H and O–H groups in total. The minimum Gasteiger partial charge on any atom is -0.399 e. The Morgan fingerprint density at radius 1 is 1.10 bits per heavy atom. The Bertz CT molecular complexity index is 647. The van der Waals surface area contributed by atoms with E-state index in [1.165, 1.54) is 0 Å². The van der Waals surface area contributed by atoms with Crippen LogP contribution in [0.15, 0.2) is 53.5 Å². The number of nitrogen functional groups attached to an aromatic ring is 1. The summed E-state index contributed by atoms with van der Waals surface area (Å²) in [6, 6.07) is 14.0. The minimum atomic E-state index is 0.0461. The summed E-state index contributed by atoms with van der Waals surface area (Å²) in [5, 5.41) is 11.7. The van der Waals surface area contributed by atoms with Crippen LogP contribution in [-0.2, 0) is 0 Å². The molecule has 0 aromatic heterocycles. The van der Waals surface area contributed by atoms with Gasteiger partial charge >= 0.3 is 0 Å². The van der Waals surface area contributed by atoms with E-state index in [9.17, 15) is 0 Å². The molecule has 0 radical (unpaired) electrons. The first-order valence-corrected chi connectivity index (χ1v) is 6.52. The van der Waals surface area contributed by atoms with Crippen LogP contribution >= 0.6 is 23.2 Å². The quantitative estimate of drug-likeness (QED) is 0.247. The lowest BCUT2D eigenvalue weighted by Crippen LogP contribution is -2.26. The molecular weight excluding hydrogens is 309 g/mol. The zero-order valence-electron chi connectivity index (χ0n) is 10.9. The fraction of sp³-hybridized carbons (Fsp3) is 0. The number of aliphatic imine (C=N–C) groups is 1. The van der Waals surface area contributed by atoms with Gasteiger partial charge in [0.2, 0.25) is 5.96 Å². The van der Waals surface area contributed by atoms with E-state index in [0.29, 0.717) is 21.4 Å². The summed E-state index contributed by atoms with van der Waals surface area (Å²) in [7, 11) is 0. The summed E-state index contributed by atoms with van der Waals surface area (Å²) in [5.74, 6) is 0.0461. The molecule has 2 rings (SSSR count). The third-order valence-corrected chi connectivity index (χ3v) is 2.56. The smallest absolute Gasteiger partial charge is 0.207 e. The van der Waals surface area contributed by atoms with Crippen molar-refractivity contribution in [3.63, 3.8) is 0 Å². The van der Waals surface area contributed by atoms with Crippen molar-refractivity contribution in [1.29, 1.82) is 5.26 Å². The fourth-order valence-corrected chi connectivity index (χ4v) is 1.66. The maximum Gasteiger partial charge on any atom is 0.207 e. The highest BCUT2D eigenvalue weighted by atomic mass is 35.5. The van der Waals surface area contributed by atoms with Gasteiger partial charge in [-0.1, -0.05) is 35.3 Å². The number of halogens is 2. The van der Waals surface area contributed by atoms with Crippen LogP contribution in [0.4, 0.5) is 11.4 Å². The van der Waals surface area contributed by atoms with Gasteiger partial charge in [-0.05, 0) is 36.4 Å². The molecule has 0 atom stereocenters. The Hall–Kier alpha value is -2.42. The molecule has 0 spiro atoms. The predicted octanol–water partition coefficient (Wildman–Crippen LogP) is 3.28. The normalized spacial score (nSPS) is 10.0. The highest BCUT2D eigenvalue weighted by molar-refractivity contribution is 6.31. The highest BCUT2D eigenvalue weighted by Gasteiger charge is 1.92. The lowest BCUT2D eigenvalue weighted by atomic mass is 10.3. The minimum absolute atomic E-state index is 0.0461. The van der Waals surface area contributed by atoms with E-state index in [1.54, 1.807) is 48.7 Å². The van der Waals surface area contributed by atoms with Gasteiger partial charge in [0.25, 0.3) is 0 Å². The van der Waals surface area contributed by atoms with Crippen LogP contribution in [0.1, 0.15) is 0 Å². The number of benzene rings is 2. The molecule has 2 aromatic carbocycles. The number of nitrogens with two attached hydrogens (primary N) is 2. The van der Waals surface area contributed by atoms with E-state index in [-0.39, 0.29) is 5.96 Å². The Morgan fingerprint density at radius 3 is 2.19 bits per heavy atom. The monoisotopic (exact) mass is 321 g/mol. The molecule has 21 heavy (non-hydrogen) atoms. The number of rotatable bonds is 1. The molecule has 0 bridgehead atoms. The van der Waals surface area contributed by atoms with Crippen molar-refractivity contribution in [1.82, 2.24) is 5.32 Å². The van der Waals surface area contributed by atoms with Gasteiger partial charge in [-0.25, -0.2) is 4.99 Å². The average Bonchev–Trinajstić information content (AvgIpc) is 2.39. The SMILES string of the molecule is N#CNC(N)=Nc1cccc(Cl)c1.Nc1cccc(Cl)c1. The second-order valence-electron chi connectivity index (χ2n) is 3.77. The fourth-order valence-electron chi connectivity index (χ4n) is 1.28. The van der Waals surface area contributed by atoms with Gasteiger partial charge in [-0.3, -0.25) is 5.32 Å². The molecular formula is C14H13Cl2N5. The Labute approximate surface area is 132 Å². The van der Waals surface area contributed by atoms with E-state index >= 15 is 0 Å². The Balaban J connectivity index is 0.000000235. The second kappa shape index (κ2) is 8.69. The highest BCUT2D eigenvalue weighted by Crippen LogP contribution is 2.17. The number of nitriles is 1. The van der Waals surface area contributed by atoms with Crippen LogP contribution in [0.5, 0.6) is 0 Å². The van der Waals surface area contributed by atoms with Crippen molar-refractivity contribution < 1.29 is 0 Å². The average molecular weight is 322 g/mol. The zero-order valence-corrected chi connectivity index (χ0v) is 12.4. The number of hydrogen-bond donors (Lipinski definition) is 3. The summed E-state index contributed by atoms with van der Waals surface area (Å²) < 4.78 is 0. The third kappa shape index (κ3) is 7.06. The summed E-state index contributed by atoms with van der Waals surface area (Å²) in [6.07, 6.45) is 1.66. The number of anilines is 1. The maximum atomic E-state index is 8.22. The molecule has 7 heteroatoms. The third-order valence-electron chi connectivity index (χ3n) is 2.09. The Morgan fingerprint density at radius 2 is 1.71 bits per heavy atom. The topological polar surface area (TPSA) is 100 Å². The van der Waals surface area contributed by atoms with E-state index < -0.39 is 0 Å². The second-order valence-corrected chi connectivity index (χ2v) is 4.64. The Kier molecular flexibility index (Phi) is 6.88. The number of guanidine groups is 1. The standard InChI is InChI=1S/C8H7ClN4.C6H6ClN/c9-6-2-1-3-7(4-6)13-8(11)12-5-10;7-5-2-1-3-6(8)4-5/h1-4H,(H3,11,12,13);1-4H,8H2. The summed E-state index contributed by atoms with van der Waals surface area (Å²) in [4.78, 5) is 3.89. The lowest BCUT2D eigenvalue weighted by molar-refractivity contribution is 1.22. The largest absolute Gasteiger partial charge is 0.399 e. The first-order valence-electron chi connectivity index (χ1n) is 5.77. The van der Waals surface area contributed by atoms with Gasteiger partial charge in [-0.15, -0.1) is 0 Å². The van der Waals surface area contributed by atoms with Crippen molar-refractivity contribution >= 4 is 40.5 Å². The van der Waals surface area contributed by atoms with Crippen molar-refractivity contribution in [2.75, 3.05) is 5.73 Å². The zero-order chi connectivity index (χ0) is 15.7. The molecule has 5 nitrogen and oxygen atoms in total.